The second-order valence-electron chi connectivity index (χ2n) is 8.86. The molecule has 0 radical (unpaired) electrons. The van der Waals surface area contributed by atoms with Crippen LogP contribution in [-0.4, -0.2) is 9.55 Å². The zero-order valence-electron chi connectivity index (χ0n) is 18.6. The van der Waals surface area contributed by atoms with E-state index in [1.54, 1.807) is 0 Å². The zero-order valence-corrected chi connectivity index (χ0v) is 18.6. The van der Waals surface area contributed by atoms with E-state index in [9.17, 15) is 0 Å². The molecule has 160 valence electrons. The van der Waals surface area contributed by atoms with Crippen LogP contribution in [0.15, 0.2) is 128 Å². The number of benzene rings is 4. The molecule has 6 aromatic rings. The average Bonchev–Trinajstić information content (AvgIpc) is 3.47. The smallest absolute Gasteiger partial charge is 0.137 e. The van der Waals surface area contributed by atoms with E-state index >= 15 is 0 Å². The third-order valence-electron chi connectivity index (χ3n) is 6.92. The van der Waals surface area contributed by atoms with Gasteiger partial charge in [0.25, 0.3) is 0 Å². The Morgan fingerprint density at radius 3 is 2.21 bits per heavy atom. The number of hydrogen-bond acceptors (Lipinski definition) is 1. The lowest BCUT2D eigenvalue weighted by Crippen LogP contribution is -2.00. The summed E-state index contributed by atoms with van der Waals surface area (Å²) in [6.45, 7) is 0. The predicted molar refractivity (Wildman–Crippen MR) is 139 cm³/mol. The van der Waals surface area contributed by atoms with E-state index in [1.165, 1.54) is 38.7 Å². The van der Waals surface area contributed by atoms with Gasteiger partial charge in [-0.15, -0.1) is 0 Å². The quantitative estimate of drug-likeness (QED) is 0.277. The van der Waals surface area contributed by atoms with Gasteiger partial charge in [0, 0.05) is 23.1 Å². The molecule has 0 fully saturated rings. The fourth-order valence-corrected chi connectivity index (χ4v) is 5.36. The van der Waals surface area contributed by atoms with Crippen LogP contribution in [0.1, 0.15) is 22.6 Å². The highest BCUT2D eigenvalue weighted by atomic mass is 15.1. The van der Waals surface area contributed by atoms with Gasteiger partial charge in [-0.3, -0.25) is 0 Å². The molecule has 0 amide bonds. The van der Waals surface area contributed by atoms with Gasteiger partial charge < -0.3 is 4.57 Å². The van der Waals surface area contributed by atoms with Crippen molar-refractivity contribution < 1.29 is 0 Å². The second kappa shape index (κ2) is 7.57. The average molecular weight is 435 g/mol. The van der Waals surface area contributed by atoms with E-state index in [0.29, 0.717) is 0 Å². The fraction of sp³-hybridized carbons (Fsp3) is 0.0312. The van der Waals surface area contributed by atoms with Crippen LogP contribution in [-0.2, 0) is 0 Å². The van der Waals surface area contributed by atoms with Gasteiger partial charge in [0.2, 0.25) is 0 Å². The third-order valence-corrected chi connectivity index (χ3v) is 6.92. The Balaban J connectivity index is 1.42. The molecule has 0 aliphatic heterocycles. The molecule has 34 heavy (non-hydrogen) atoms. The van der Waals surface area contributed by atoms with Gasteiger partial charge in [-0.2, -0.15) is 0 Å². The Hall–Kier alpha value is -4.43. The van der Waals surface area contributed by atoms with Crippen molar-refractivity contribution in [3.63, 3.8) is 0 Å². The minimum atomic E-state index is 0.240. The minimum Gasteiger partial charge on any atom is -0.301 e. The molecule has 1 aliphatic rings. The Labute approximate surface area is 198 Å². The van der Waals surface area contributed by atoms with Gasteiger partial charge in [0.15, 0.2) is 0 Å². The molecule has 0 saturated heterocycles. The first-order chi connectivity index (χ1) is 16.9. The molecule has 0 spiro atoms. The van der Waals surface area contributed by atoms with E-state index in [-0.39, 0.29) is 5.92 Å². The first-order valence-electron chi connectivity index (χ1n) is 11.7. The van der Waals surface area contributed by atoms with E-state index in [2.05, 4.69) is 126 Å². The Morgan fingerprint density at radius 1 is 0.588 bits per heavy atom. The van der Waals surface area contributed by atoms with Crippen molar-refractivity contribution in [2.24, 2.45) is 0 Å². The van der Waals surface area contributed by atoms with E-state index < -0.39 is 0 Å². The van der Waals surface area contributed by atoms with Gasteiger partial charge in [-0.1, -0.05) is 91.0 Å². The highest BCUT2D eigenvalue weighted by Gasteiger charge is 2.30. The lowest BCUT2D eigenvalue weighted by atomic mass is 9.89. The second-order valence-corrected chi connectivity index (χ2v) is 8.86. The Kier molecular flexibility index (Phi) is 4.25. The molecular formula is C32H22N2. The topological polar surface area (TPSA) is 17.8 Å². The molecular weight excluding hydrogens is 412 g/mol. The van der Waals surface area contributed by atoms with Gasteiger partial charge in [-0.25, -0.2) is 4.98 Å². The summed E-state index contributed by atoms with van der Waals surface area (Å²) >= 11 is 0. The molecule has 4 aromatic carbocycles. The summed E-state index contributed by atoms with van der Waals surface area (Å²) in [5, 5.41) is 1.23. The normalized spacial score (nSPS) is 14.2. The standard InChI is InChI=1S/C32H22N2/c1-3-10-22(11-4-1)29-16-9-17-31(33-29)34-19-18-24-20-27-25-14-7-8-15-26(25)32(28(27)21-30(24)34)23-12-5-2-6-13-23/h1-21,32H. The summed E-state index contributed by atoms with van der Waals surface area (Å²) in [5.41, 5.74) is 10.0. The van der Waals surface area contributed by atoms with Crippen molar-refractivity contribution in [1.29, 1.82) is 0 Å². The molecule has 7 rings (SSSR count). The molecule has 0 saturated carbocycles. The lowest BCUT2D eigenvalue weighted by Gasteiger charge is -2.15. The van der Waals surface area contributed by atoms with Gasteiger partial charge >= 0.3 is 0 Å². The highest BCUT2D eigenvalue weighted by molar-refractivity contribution is 5.93. The van der Waals surface area contributed by atoms with E-state index in [0.717, 1.165) is 17.1 Å². The van der Waals surface area contributed by atoms with Crippen LogP contribution >= 0.6 is 0 Å². The summed E-state index contributed by atoms with van der Waals surface area (Å²) in [5.74, 6) is 1.17. The van der Waals surface area contributed by atoms with Crippen LogP contribution < -0.4 is 0 Å². The SMILES string of the molecule is c1ccc(-c2cccc(-n3ccc4cc5c(cc43)C(c3ccccc3)c3ccccc3-5)n2)cc1. The first kappa shape index (κ1) is 19.1. The van der Waals surface area contributed by atoms with Crippen molar-refractivity contribution in [2.45, 2.75) is 5.92 Å². The molecule has 2 heteroatoms. The van der Waals surface area contributed by atoms with Crippen LogP contribution in [0.25, 0.3) is 39.1 Å². The lowest BCUT2D eigenvalue weighted by molar-refractivity contribution is 1.01. The summed E-state index contributed by atoms with van der Waals surface area (Å²) < 4.78 is 2.22. The number of nitrogens with zero attached hydrogens (tertiary/aromatic N) is 2. The largest absolute Gasteiger partial charge is 0.301 e. The Bertz CT molecular complexity index is 1650. The Morgan fingerprint density at radius 2 is 1.35 bits per heavy atom. The van der Waals surface area contributed by atoms with Gasteiger partial charge in [-0.05, 0) is 58.1 Å². The summed E-state index contributed by atoms with van der Waals surface area (Å²) in [6.07, 6.45) is 2.14. The van der Waals surface area contributed by atoms with Crippen molar-refractivity contribution >= 4 is 10.9 Å². The fourth-order valence-electron chi connectivity index (χ4n) is 5.36. The van der Waals surface area contributed by atoms with Crippen molar-refractivity contribution in [3.05, 3.63) is 144 Å². The number of hydrogen-bond donors (Lipinski definition) is 0. The maximum Gasteiger partial charge on any atom is 0.137 e. The summed E-state index contributed by atoms with van der Waals surface area (Å²) in [6, 6.07) is 43.2. The van der Waals surface area contributed by atoms with E-state index in [1.807, 2.05) is 6.07 Å². The first-order valence-corrected chi connectivity index (χ1v) is 11.7. The summed E-state index contributed by atoms with van der Waals surface area (Å²) in [7, 11) is 0. The molecule has 2 nitrogen and oxygen atoms in total. The van der Waals surface area contributed by atoms with Gasteiger partial charge in [0.05, 0.1) is 11.2 Å². The number of pyridine rings is 1. The van der Waals surface area contributed by atoms with Crippen LogP contribution in [0.2, 0.25) is 0 Å². The number of rotatable bonds is 3. The van der Waals surface area contributed by atoms with Crippen LogP contribution in [0.4, 0.5) is 0 Å². The maximum atomic E-state index is 5.01. The van der Waals surface area contributed by atoms with Crippen LogP contribution in [0.5, 0.6) is 0 Å². The van der Waals surface area contributed by atoms with Crippen molar-refractivity contribution in [1.82, 2.24) is 9.55 Å². The van der Waals surface area contributed by atoms with Crippen molar-refractivity contribution in [3.8, 4) is 28.2 Å². The van der Waals surface area contributed by atoms with Gasteiger partial charge in [0.1, 0.15) is 5.82 Å². The molecule has 1 atom stereocenters. The predicted octanol–water partition coefficient (Wildman–Crippen LogP) is 7.85. The van der Waals surface area contributed by atoms with E-state index in [4.69, 9.17) is 4.98 Å². The molecule has 0 N–H and O–H groups in total. The third kappa shape index (κ3) is 2.93. The highest BCUT2D eigenvalue weighted by Crippen LogP contribution is 2.49. The number of aromatic nitrogens is 2. The molecule has 1 unspecified atom stereocenters. The molecule has 0 bridgehead atoms. The maximum absolute atomic E-state index is 5.01. The zero-order chi connectivity index (χ0) is 22.5. The molecule has 1 aliphatic carbocycles. The van der Waals surface area contributed by atoms with Crippen LogP contribution in [0.3, 0.4) is 0 Å². The molecule has 2 heterocycles. The van der Waals surface area contributed by atoms with Crippen LogP contribution in [0, 0.1) is 0 Å². The molecule has 2 aromatic heterocycles. The summed E-state index contributed by atoms with van der Waals surface area (Å²) in [4.78, 5) is 5.01. The van der Waals surface area contributed by atoms with Crippen molar-refractivity contribution in [2.75, 3.05) is 0 Å². The number of fused-ring (bicyclic) bond motifs is 4. The minimum absolute atomic E-state index is 0.240. The monoisotopic (exact) mass is 434 g/mol.